The maximum atomic E-state index is 6.78. The highest BCUT2D eigenvalue weighted by Crippen LogP contribution is 2.64. The van der Waals surface area contributed by atoms with Gasteiger partial charge in [0.1, 0.15) is 17.5 Å². The van der Waals surface area contributed by atoms with Gasteiger partial charge < -0.3 is 8.98 Å². The highest BCUT2D eigenvalue weighted by atomic mass is 16.3. The molecule has 0 N–H and O–H groups in total. The Labute approximate surface area is 489 Å². The molecule has 396 valence electrons. The van der Waals surface area contributed by atoms with Crippen molar-refractivity contribution in [3.63, 3.8) is 0 Å². The smallest absolute Gasteiger partial charge is 0.238 e. The van der Waals surface area contributed by atoms with Crippen molar-refractivity contribution >= 4 is 65.6 Å². The number of aromatic nitrogens is 5. The van der Waals surface area contributed by atoms with Crippen LogP contribution >= 0.6 is 0 Å². The Bertz CT molecular complexity index is 5540. The number of fused-ring (bicyclic) bond motifs is 23. The molecule has 0 amide bonds. The SMILES string of the molecule is CC1(C)c2ccccc2-c2cc3c4cc(-c5cccc6oc7ccc(-c8ccc9c(c8)c8ccc%10c(c8n9-c8ccccc8)-c8ccccc8C%108c9ccccc9-c9ccccc98)cc7c56)ccc4n(-c4ncnc(-c5ccccc5)n4)c3cc21. The van der Waals surface area contributed by atoms with Crippen LogP contribution in [0.15, 0.2) is 266 Å². The monoisotopic (exact) mass is 1080 g/mol. The van der Waals surface area contributed by atoms with Crippen LogP contribution < -0.4 is 0 Å². The zero-order chi connectivity index (χ0) is 55.9. The minimum absolute atomic E-state index is 0.196. The lowest BCUT2D eigenvalue weighted by atomic mass is 9.70. The van der Waals surface area contributed by atoms with Gasteiger partial charge in [-0.1, -0.05) is 202 Å². The topological polar surface area (TPSA) is 61.7 Å². The van der Waals surface area contributed by atoms with E-state index in [1.165, 1.54) is 88.6 Å². The van der Waals surface area contributed by atoms with Gasteiger partial charge in [0.2, 0.25) is 5.95 Å². The molecule has 16 aromatic rings. The van der Waals surface area contributed by atoms with Crippen LogP contribution in [0.2, 0.25) is 0 Å². The number of furan rings is 1. The van der Waals surface area contributed by atoms with Gasteiger partial charge in [-0.15, -0.1) is 0 Å². The van der Waals surface area contributed by atoms with Gasteiger partial charge >= 0.3 is 0 Å². The Balaban J connectivity index is 0.797. The second kappa shape index (κ2) is 16.8. The standard InChI is InChI=1S/C79H49N5O/c1-78(2)62-27-13-9-24-54(62)57-43-60-59-42-49(33-38-69(59)84(70(60)44-67(57)78)77-81-45-80-76(82-77)46-18-5-3-6-19-46)51-26-17-31-72-73(51)61-41-48(34-39-71(61)85-72)47-32-37-68-58(40-47)55-35-36-66-74(75(55)83(68)50-20-7-4-8-21-50)56-25-12-16-30-65(56)79(66)63-28-14-10-22-52(63)53-23-11-15-29-64(53)79/h3-45H,1-2H3. The number of para-hydroxylation sites is 1. The molecule has 85 heavy (non-hydrogen) atoms. The molecule has 0 radical (unpaired) electrons. The van der Waals surface area contributed by atoms with E-state index in [0.29, 0.717) is 11.8 Å². The normalized spacial score (nSPS) is 14.0. The average Bonchev–Trinajstić information content (AvgIpc) is 1.57. The van der Waals surface area contributed by atoms with Crippen LogP contribution in [0.1, 0.15) is 47.2 Å². The Kier molecular flexibility index (Phi) is 9.24. The van der Waals surface area contributed by atoms with Crippen molar-refractivity contribution in [2.75, 3.05) is 0 Å². The second-order valence-corrected chi connectivity index (χ2v) is 23.8. The number of rotatable bonds is 5. The lowest BCUT2D eigenvalue weighted by Crippen LogP contribution is -2.25. The Morgan fingerprint density at radius 3 is 1.68 bits per heavy atom. The lowest BCUT2D eigenvalue weighted by molar-refractivity contribution is 0.661. The molecular formula is C79H49N5O. The molecule has 12 aromatic carbocycles. The van der Waals surface area contributed by atoms with E-state index in [2.05, 4.69) is 252 Å². The number of hydrogen-bond acceptors (Lipinski definition) is 4. The first-order valence-electron chi connectivity index (χ1n) is 29.3. The summed E-state index contributed by atoms with van der Waals surface area (Å²) in [6.45, 7) is 4.67. The fraction of sp³-hybridized carbons (Fsp3) is 0.0506. The third-order valence-corrected chi connectivity index (χ3v) is 19.3. The van der Waals surface area contributed by atoms with Crippen molar-refractivity contribution in [3.8, 4) is 78.7 Å². The maximum Gasteiger partial charge on any atom is 0.238 e. The first-order valence-corrected chi connectivity index (χ1v) is 29.3. The molecule has 0 saturated heterocycles. The van der Waals surface area contributed by atoms with Crippen LogP contribution in [0.5, 0.6) is 0 Å². The Morgan fingerprint density at radius 2 is 0.929 bits per heavy atom. The Hall–Kier alpha value is -11.0. The zero-order valence-electron chi connectivity index (χ0n) is 46.5. The first-order chi connectivity index (χ1) is 41.9. The predicted molar refractivity (Wildman–Crippen MR) is 346 cm³/mol. The molecule has 1 spiro atoms. The van der Waals surface area contributed by atoms with Crippen LogP contribution in [0.4, 0.5) is 0 Å². The molecule has 3 aliphatic carbocycles. The molecule has 19 rings (SSSR count). The summed E-state index contributed by atoms with van der Waals surface area (Å²) >= 11 is 0. The largest absolute Gasteiger partial charge is 0.456 e. The summed E-state index contributed by atoms with van der Waals surface area (Å²) in [6.07, 6.45) is 1.64. The highest BCUT2D eigenvalue weighted by molar-refractivity contribution is 6.19. The minimum atomic E-state index is -0.449. The molecule has 0 unspecified atom stereocenters. The van der Waals surface area contributed by atoms with Crippen molar-refractivity contribution in [2.24, 2.45) is 0 Å². The van der Waals surface area contributed by atoms with Crippen molar-refractivity contribution in [1.82, 2.24) is 24.1 Å². The van der Waals surface area contributed by atoms with Gasteiger partial charge in [-0.2, -0.15) is 4.98 Å². The summed E-state index contributed by atoms with van der Waals surface area (Å²) in [5, 5.41) is 6.86. The summed E-state index contributed by atoms with van der Waals surface area (Å²) in [6, 6.07) is 93.9. The molecule has 0 aliphatic heterocycles. The lowest BCUT2D eigenvalue weighted by Gasteiger charge is -2.30. The van der Waals surface area contributed by atoms with Crippen molar-refractivity contribution in [3.05, 3.63) is 294 Å². The summed E-state index contributed by atoms with van der Waals surface area (Å²) in [5.74, 6) is 1.21. The second-order valence-electron chi connectivity index (χ2n) is 23.8. The van der Waals surface area contributed by atoms with Gasteiger partial charge in [0.25, 0.3) is 0 Å². The molecule has 4 heterocycles. The zero-order valence-corrected chi connectivity index (χ0v) is 46.5. The fourth-order valence-electron chi connectivity index (χ4n) is 15.7. The van der Waals surface area contributed by atoms with E-state index in [-0.39, 0.29) is 5.41 Å². The van der Waals surface area contributed by atoms with E-state index in [0.717, 1.165) is 77.2 Å². The van der Waals surface area contributed by atoms with Crippen LogP contribution in [0.3, 0.4) is 0 Å². The average molecular weight is 1080 g/mol. The third kappa shape index (κ3) is 6.14. The summed E-state index contributed by atoms with van der Waals surface area (Å²) < 4.78 is 11.5. The van der Waals surface area contributed by atoms with E-state index >= 15 is 0 Å². The van der Waals surface area contributed by atoms with Crippen molar-refractivity contribution in [2.45, 2.75) is 24.7 Å². The van der Waals surface area contributed by atoms with Gasteiger partial charge in [-0.3, -0.25) is 4.57 Å². The molecule has 6 heteroatoms. The van der Waals surface area contributed by atoms with E-state index in [1.54, 1.807) is 6.33 Å². The third-order valence-electron chi connectivity index (χ3n) is 19.3. The van der Waals surface area contributed by atoms with Crippen LogP contribution in [0, 0.1) is 0 Å². The van der Waals surface area contributed by atoms with Gasteiger partial charge in [0, 0.05) is 54.5 Å². The molecule has 0 fully saturated rings. The summed E-state index contributed by atoms with van der Waals surface area (Å²) in [7, 11) is 0. The van der Waals surface area contributed by atoms with Gasteiger partial charge in [0.15, 0.2) is 5.82 Å². The molecule has 0 atom stereocenters. The Morgan fingerprint density at radius 1 is 0.353 bits per heavy atom. The predicted octanol–water partition coefficient (Wildman–Crippen LogP) is 19.6. The minimum Gasteiger partial charge on any atom is -0.456 e. The first kappa shape index (κ1) is 46.6. The van der Waals surface area contributed by atoms with Gasteiger partial charge in [-0.05, 0) is 150 Å². The van der Waals surface area contributed by atoms with Gasteiger partial charge in [0.05, 0.1) is 27.5 Å². The van der Waals surface area contributed by atoms with E-state index < -0.39 is 5.41 Å². The van der Waals surface area contributed by atoms with Crippen LogP contribution in [-0.4, -0.2) is 24.1 Å². The quantitative estimate of drug-likeness (QED) is 0.172. The molecule has 6 nitrogen and oxygen atoms in total. The van der Waals surface area contributed by atoms with Gasteiger partial charge in [-0.25, -0.2) is 9.97 Å². The van der Waals surface area contributed by atoms with E-state index in [4.69, 9.17) is 14.4 Å². The molecule has 0 bridgehead atoms. The fourth-order valence-corrected chi connectivity index (χ4v) is 15.7. The molecule has 0 saturated carbocycles. The summed E-state index contributed by atoms with van der Waals surface area (Å²) in [4.78, 5) is 14.7. The molecule has 3 aliphatic rings. The van der Waals surface area contributed by atoms with E-state index in [1.807, 2.05) is 30.3 Å². The van der Waals surface area contributed by atoms with Crippen LogP contribution in [-0.2, 0) is 10.8 Å². The molecule has 4 aromatic heterocycles. The van der Waals surface area contributed by atoms with Crippen molar-refractivity contribution in [1.29, 1.82) is 0 Å². The van der Waals surface area contributed by atoms with Crippen LogP contribution in [0.25, 0.3) is 144 Å². The maximum absolute atomic E-state index is 6.78. The highest BCUT2D eigenvalue weighted by Gasteiger charge is 2.52. The molecular weight excluding hydrogens is 1030 g/mol. The number of benzene rings is 12. The number of hydrogen-bond donors (Lipinski definition) is 0. The van der Waals surface area contributed by atoms with E-state index in [9.17, 15) is 0 Å². The number of nitrogens with zero attached hydrogens (tertiary/aromatic N) is 5. The summed E-state index contributed by atoms with van der Waals surface area (Å²) in [5.41, 5.74) is 27.8. The van der Waals surface area contributed by atoms with Crippen molar-refractivity contribution < 1.29 is 4.42 Å².